The van der Waals surface area contributed by atoms with E-state index < -0.39 is 0 Å². The molecule has 0 aliphatic heterocycles. The maximum absolute atomic E-state index is 11.7. The number of rotatable bonds is 1. The van der Waals surface area contributed by atoms with Gasteiger partial charge in [0.2, 0.25) is 0 Å². The normalized spacial score (nSPS) is 43.7. The van der Waals surface area contributed by atoms with E-state index in [4.69, 9.17) is 0 Å². The highest BCUT2D eigenvalue weighted by Gasteiger charge is 2.47. The van der Waals surface area contributed by atoms with Crippen LogP contribution in [0.15, 0.2) is 12.2 Å². The van der Waals surface area contributed by atoms with Gasteiger partial charge in [0.05, 0.1) is 0 Å². The second kappa shape index (κ2) is 2.97. The minimum Gasteiger partial charge on any atom is -0.294 e. The molecule has 2 aliphatic carbocycles. The molecule has 1 heteroatoms. The lowest BCUT2D eigenvalue weighted by Gasteiger charge is -2.40. The zero-order valence-electron chi connectivity index (χ0n) is 8.55. The summed E-state index contributed by atoms with van der Waals surface area (Å²) in [5, 5.41) is 0. The number of allylic oxidation sites excluding steroid dienone is 2. The van der Waals surface area contributed by atoms with Crippen molar-refractivity contribution in [1.82, 2.24) is 0 Å². The molecule has 1 fully saturated rings. The van der Waals surface area contributed by atoms with Crippen molar-refractivity contribution in [3.8, 4) is 0 Å². The van der Waals surface area contributed by atoms with Gasteiger partial charge in [0, 0.05) is 5.41 Å². The van der Waals surface area contributed by atoms with Gasteiger partial charge in [-0.15, -0.1) is 0 Å². The lowest BCUT2D eigenvalue weighted by molar-refractivity contribution is -0.126. The van der Waals surface area contributed by atoms with Crippen molar-refractivity contribution in [1.29, 1.82) is 0 Å². The van der Waals surface area contributed by atoms with E-state index in [-0.39, 0.29) is 5.41 Å². The molecular formula is C12H18O. The van der Waals surface area contributed by atoms with Gasteiger partial charge >= 0.3 is 0 Å². The molecule has 3 atom stereocenters. The van der Waals surface area contributed by atoms with Crippen LogP contribution in [0.25, 0.3) is 0 Å². The third kappa shape index (κ3) is 1.17. The van der Waals surface area contributed by atoms with Crippen LogP contribution in [0, 0.1) is 17.3 Å². The SMILES string of the molecule is CCC1CCCC2(C)C(=O)C=CC12. The molecular weight excluding hydrogens is 160 g/mol. The van der Waals surface area contributed by atoms with Crippen LogP contribution in [-0.4, -0.2) is 5.78 Å². The Hall–Kier alpha value is -0.590. The second-order valence-corrected chi connectivity index (χ2v) is 4.73. The second-order valence-electron chi connectivity index (χ2n) is 4.73. The maximum Gasteiger partial charge on any atom is 0.161 e. The van der Waals surface area contributed by atoms with E-state index in [2.05, 4.69) is 19.9 Å². The summed E-state index contributed by atoms with van der Waals surface area (Å²) in [6.07, 6.45) is 8.85. The highest BCUT2D eigenvalue weighted by atomic mass is 16.1. The van der Waals surface area contributed by atoms with Gasteiger partial charge in [-0.2, -0.15) is 0 Å². The fourth-order valence-corrected chi connectivity index (χ4v) is 3.09. The van der Waals surface area contributed by atoms with Gasteiger partial charge in [0.1, 0.15) is 0 Å². The minimum absolute atomic E-state index is 0.0288. The van der Waals surface area contributed by atoms with Crippen molar-refractivity contribution in [2.75, 3.05) is 0 Å². The van der Waals surface area contributed by atoms with Gasteiger partial charge in [0.25, 0.3) is 0 Å². The van der Waals surface area contributed by atoms with Gasteiger partial charge in [-0.1, -0.05) is 32.8 Å². The van der Waals surface area contributed by atoms with Crippen molar-refractivity contribution in [2.24, 2.45) is 17.3 Å². The van der Waals surface area contributed by atoms with E-state index in [9.17, 15) is 4.79 Å². The van der Waals surface area contributed by atoms with Crippen LogP contribution >= 0.6 is 0 Å². The molecule has 72 valence electrons. The van der Waals surface area contributed by atoms with Crippen LogP contribution in [0.1, 0.15) is 39.5 Å². The molecule has 2 rings (SSSR count). The van der Waals surface area contributed by atoms with Crippen molar-refractivity contribution < 1.29 is 4.79 Å². The Labute approximate surface area is 80.2 Å². The van der Waals surface area contributed by atoms with Crippen LogP contribution in [0.5, 0.6) is 0 Å². The number of ketones is 1. The molecule has 3 unspecified atom stereocenters. The molecule has 2 aliphatic rings. The molecule has 0 heterocycles. The average Bonchev–Trinajstić information content (AvgIpc) is 2.43. The van der Waals surface area contributed by atoms with Crippen molar-refractivity contribution in [3.63, 3.8) is 0 Å². The Morgan fingerprint density at radius 1 is 1.62 bits per heavy atom. The third-order valence-corrected chi connectivity index (χ3v) is 4.06. The Morgan fingerprint density at radius 3 is 3.08 bits per heavy atom. The van der Waals surface area contributed by atoms with Crippen molar-refractivity contribution >= 4 is 5.78 Å². The number of carbonyl (C=O) groups excluding carboxylic acids is 1. The van der Waals surface area contributed by atoms with E-state index >= 15 is 0 Å². The summed E-state index contributed by atoms with van der Waals surface area (Å²) < 4.78 is 0. The van der Waals surface area contributed by atoms with Crippen LogP contribution < -0.4 is 0 Å². The molecule has 0 bridgehead atoms. The third-order valence-electron chi connectivity index (χ3n) is 4.06. The average molecular weight is 178 g/mol. The summed E-state index contributed by atoms with van der Waals surface area (Å²) in [6.45, 7) is 4.40. The number of hydrogen-bond acceptors (Lipinski definition) is 1. The Kier molecular flexibility index (Phi) is 2.05. The zero-order valence-corrected chi connectivity index (χ0v) is 8.55. The molecule has 0 aromatic heterocycles. The number of hydrogen-bond donors (Lipinski definition) is 0. The van der Waals surface area contributed by atoms with E-state index in [1.54, 1.807) is 0 Å². The summed E-state index contributed by atoms with van der Waals surface area (Å²) in [5.74, 6) is 1.66. The first-order valence-electron chi connectivity index (χ1n) is 5.41. The first kappa shape index (κ1) is 8.98. The molecule has 0 radical (unpaired) electrons. The monoisotopic (exact) mass is 178 g/mol. The smallest absolute Gasteiger partial charge is 0.161 e. The molecule has 0 saturated heterocycles. The number of fused-ring (bicyclic) bond motifs is 1. The lowest BCUT2D eigenvalue weighted by Crippen LogP contribution is -2.37. The van der Waals surface area contributed by atoms with Crippen LogP contribution in [0.3, 0.4) is 0 Å². The van der Waals surface area contributed by atoms with Gasteiger partial charge < -0.3 is 0 Å². The summed E-state index contributed by atoms with van der Waals surface area (Å²) >= 11 is 0. The maximum atomic E-state index is 11.7. The fraction of sp³-hybridized carbons (Fsp3) is 0.750. The molecule has 1 nitrogen and oxygen atoms in total. The lowest BCUT2D eigenvalue weighted by atomic mass is 9.63. The van der Waals surface area contributed by atoms with E-state index in [0.717, 1.165) is 12.3 Å². The Balaban J connectivity index is 2.27. The molecule has 1 saturated carbocycles. The number of carbonyl (C=O) groups is 1. The van der Waals surface area contributed by atoms with Crippen molar-refractivity contribution in [2.45, 2.75) is 39.5 Å². The van der Waals surface area contributed by atoms with Gasteiger partial charge in [-0.3, -0.25) is 4.79 Å². The quantitative estimate of drug-likeness (QED) is 0.603. The standard InChI is InChI=1S/C12H18O/c1-3-9-5-4-8-12(2)10(9)6-7-11(12)13/h6-7,9-10H,3-5,8H2,1-2H3. The predicted molar refractivity (Wildman–Crippen MR) is 53.4 cm³/mol. The Morgan fingerprint density at radius 2 is 2.38 bits per heavy atom. The van der Waals surface area contributed by atoms with E-state index in [0.29, 0.717) is 11.7 Å². The van der Waals surface area contributed by atoms with Crippen LogP contribution in [-0.2, 0) is 4.79 Å². The summed E-state index contributed by atoms with van der Waals surface area (Å²) in [5.41, 5.74) is -0.0288. The Bertz CT molecular complexity index is 254. The van der Waals surface area contributed by atoms with Gasteiger partial charge in [0.15, 0.2) is 5.78 Å². The van der Waals surface area contributed by atoms with Gasteiger partial charge in [-0.25, -0.2) is 0 Å². The largest absolute Gasteiger partial charge is 0.294 e. The fourth-order valence-electron chi connectivity index (χ4n) is 3.09. The first-order valence-corrected chi connectivity index (χ1v) is 5.41. The molecule has 0 spiro atoms. The minimum atomic E-state index is -0.0288. The van der Waals surface area contributed by atoms with Crippen molar-refractivity contribution in [3.05, 3.63) is 12.2 Å². The summed E-state index contributed by atoms with van der Waals surface area (Å²) in [4.78, 5) is 11.7. The molecule has 0 amide bonds. The van der Waals surface area contributed by atoms with E-state index in [1.165, 1.54) is 19.3 Å². The molecule has 0 N–H and O–H groups in total. The predicted octanol–water partition coefficient (Wildman–Crippen LogP) is 2.96. The van der Waals surface area contributed by atoms with E-state index in [1.807, 2.05) is 6.08 Å². The van der Waals surface area contributed by atoms with Gasteiger partial charge in [-0.05, 0) is 30.8 Å². The molecule has 0 aromatic carbocycles. The molecule has 0 aromatic rings. The highest BCUT2D eigenvalue weighted by Crippen LogP contribution is 2.49. The van der Waals surface area contributed by atoms with Crippen LogP contribution in [0.4, 0.5) is 0 Å². The first-order chi connectivity index (χ1) is 6.18. The topological polar surface area (TPSA) is 17.1 Å². The molecule has 13 heavy (non-hydrogen) atoms. The van der Waals surface area contributed by atoms with Crippen LogP contribution in [0.2, 0.25) is 0 Å². The summed E-state index contributed by atoms with van der Waals surface area (Å²) in [7, 11) is 0. The zero-order chi connectivity index (χ0) is 9.47. The summed E-state index contributed by atoms with van der Waals surface area (Å²) in [6, 6.07) is 0. The highest BCUT2D eigenvalue weighted by molar-refractivity contribution is 5.97.